The molecule has 0 unspecified atom stereocenters. The Labute approximate surface area is 170 Å². The number of pyridine rings is 1. The Morgan fingerprint density at radius 2 is 1.93 bits per heavy atom. The van der Waals surface area contributed by atoms with Gasteiger partial charge in [0.2, 0.25) is 0 Å². The molecule has 1 atom stereocenters. The first-order chi connectivity index (χ1) is 13.9. The number of Topliss-reactive ketones (excluding diaryl/α,β-unsaturated/α-hetero) is 1. The maximum atomic E-state index is 12.9. The van der Waals surface area contributed by atoms with Crippen LogP contribution < -0.4 is 0 Å². The van der Waals surface area contributed by atoms with Crippen LogP contribution in [0.4, 0.5) is 0 Å². The number of carbonyl (C=O) groups excluding carboxylic acids is 2. The van der Waals surface area contributed by atoms with Crippen molar-refractivity contribution in [2.75, 3.05) is 13.2 Å². The van der Waals surface area contributed by atoms with Crippen LogP contribution >= 0.6 is 0 Å². The van der Waals surface area contributed by atoms with Crippen molar-refractivity contribution < 1.29 is 19.4 Å². The average Bonchev–Trinajstić information content (AvgIpc) is 2.96. The Morgan fingerprint density at radius 3 is 2.55 bits per heavy atom. The SMILES string of the molecule is Cc1ccc(C(O)=C2C(=O)C(=O)N(CCCOC(C)C)[C@H]2c2cccnc2)cc1. The summed E-state index contributed by atoms with van der Waals surface area (Å²) in [6, 6.07) is 10.1. The van der Waals surface area contributed by atoms with Crippen LogP contribution in [0.25, 0.3) is 5.76 Å². The molecule has 0 bridgehead atoms. The molecule has 0 radical (unpaired) electrons. The number of ether oxygens (including phenoxy) is 1. The van der Waals surface area contributed by atoms with Gasteiger partial charge in [-0.05, 0) is 38.8 Å². The van der Waals surface area contributed by atoms with Crippen LogP contribution in [-0.2, 0) is 14.3 Å². The van der Waals surface area contributed by atoms with E-state index in [1.165, 1.54) is 4.90 Å². The van der Waals surface area contributed by atoms with Gasteiger partial charge in [-0.3, -0.25) is 14.6 Å². The van der Waals surface area contributed by atoms with Crippen molar-refractivity contribution in [2.24, 2.45) is 0 Å². The summed E-state index contributed by atoms with van der Waals surface area (Å²) < 4.78 is 5.56. The summed E-state index contributed by atoms with van der Waals surface area (Å²) in [5.74, 6) is -1.46. The highest BCUT2D eigenvalue weighted by atomic mass is 16.5. The molecule has 6 heteroatoms. The first-order valence-corrected chi connectivity index (χ1v) is 9.77. The maximum absolute atomic E-state index is 12.9. The minimum Gasteiger partial charge on any atom is -0.507 e. The molecule has 1 saturated heterocycles. The molecule has 1 aromatic heterocycles. The average molecular weight is 394 g/mol. The zero-order valence-corrected chi connectivity index (χ0v) is 17.0. The van der Waals surface area contributed by atoms with Crippen LogP contribution in [0.15, 0.2) is 54.4 Å². The van der Waals surface area contributed by atoms with Gasteiger partial charge in [0.25, 0.3) is 11.7 Å². The summed E-state index contributed by atoms with van der Waals surface area (Å²) in [6.07, 6.45) is 3.94. The molecule has 152 valence electrons. The number of nitrogens with zero attached hydrogens (tertiary/aromatic N) is 2. The second-order valence-corrected chi connectivity index (χ2v) is 7.42. The van der Waals surface area contributed by atoms with E-state index in [1.54, 1.807) is 30.6 Å². The van der Waals surface area contributed by atoms with Crippen molar-refractivity contribution in [1.82, 2.24) is 9.88 Å². The van der Waals surface area contributed by atoms with Crippen LogP contribution in [0.2, 0.25) is 0 Å². The van der Waals surface area contributed by atoms with Gasteiger partial charge in [0.1, 0.15) is 5.76 Å². The number of likely N-dealkylation sites (tertiary alicyclic amines) is 1. The monoisotopic (exact) mass is 394 g/mol. The molecule has 1 amide bonds. The van der Waals surface area contributed by atoms with Crippen LogP contribution in [0, 0.1) is 6.92 Å². The lowest BCUT2D eigenvalue weighted by molar-refractivity contribution is -0.140. The topological polar surface area (TPSA) is 79.7 Å². The number of aromatic nitrogens is 1. The van der Waals surface area contributed by atoms with Gasteiger partial charge in [-0.1, -0.05) is 35.9 Å². The number of benzene rings is 1. The Hall–Kier alpha value is -2.99. The van der Waals surface area contributed by atoms with E-state index in [9.17, 15) is 14.7 Å². The van der Waals surface area contributed by atoms with Gasteiger partial charge in [-0.2, -0.15) is 0 Å². The summed E-state index contributed by atoms with van der Waals surface area (Å²) in [5.41, 5.74) is 2.32. The number of aryl methyl sites for hydroxylation is 1. The van der Waals surface area contributed by atoms with Gasteiger partial charge in [0, 0.05) is 31.1 Å². The summed E-state index contributed by atoms with van der Waals surface area (Å²) in [6.45, 7) is 6.67. The minimum atomic E-state index is -0.679. The van der Waals surface area contributed by atoms with Crippen molar-refractivity contribution >= 4 is 17.4 Å². The quantitative estimate of drug-likeness (QED) is 0.336. The molecule has 0 spiro atoms. The second-order valence-electron chi connectivity index (χ2n) is 7.42. The van der Waals surface area contributed by atoms with Crippen molar-refractivity contribution in [3.8, 4) is 0 Å². The molecule has 1 aliphatic rings. The first-order valence-electron chi connectivity index (χ1n) is 9.77. The Morgan fingerprint density at radius 1 is 1.21 bits per heavy atom. The second kappa shape index (κ2) is 9.01. The van der Waals surface area contributed by atoms with Gasteiger partial charge in [-0.25, -0.2) is 0 Å². The molecule has 1 N–H and O–H groups in total. The van der Waals surface area contributed by atoms with Crippen molar-refractivity contribution in [1.29, 1.82) is 0 Å². The molecule has 1 aliphatic heterocycles. The standard InChI is InChI=1S/C23H26N2O4/c1-15(2)29-13-5-12-25-20(18-6-4-11-24-14-18)19(22(27)23(25)28)21(26)17-9-7-16(3)8-10-17/h4,6-11,14-15,20,26H,5,12-13H2,1-3H3/t20-/m0/s1. The number of ketones is 1. The third-order valence-electron chi connectivity index (χ3n) is 4.86. The minimum absolute atomic E-state index is 0.0941. The van der Waals surface area contributed by atoms with E-state index in [0.29, 0.717) is 30.7 Å². The third kappa shape index (κ3) is 4.54. The van der Waals surface area contributed by atoms with Crippen molar-refractivity contribution in [3.63, 3.8) is 0 Å². The predicted molar refractivity (Wildman–Crippen MR) is 110 cm³/mol. The largest absolute Gasteiger partial charge is 0.507 e. The van der Waals surface area contributed by atoms with E-state index in [2.05, 4.69) is 4.98 Å². The Kier molecular flexibility index (Phi) is 6.44. The van der Waals surface area contributed by atoms with Crippen LogP contribution in [0.1, 0.15) is 43.0 Å². The summed E-state index contributed by atoms with van der Waals surface area (Å²) in [4.78, 5) is 31.3. The lowest BCUT2D eigenvalue weighted by atomic mass is 9.96. The maximum Gasteiger partial charge on any atom is 0.295 e. The number of amides is 1. The van der Waals surface area contributed by atoms with Gasteiger partial charge in [-0.15, -0.1) is 0 Å². The normalized spacial score (nSPS) is 18.6. The van der Waals surface area contributed by atoms with E-state index in [1.807, 2.05) is 39.0 Å². The highest BCUT2D eigenvalue weighted by molar-refractivity contribution is 6.46. The van der Waals surface area contributed by atoms with Crippen LogP contribution in [-0.4, -0.2) is 45.9 Å². The molecular formula is C23H26N2O4. The molecule has 1 fully saturated rings. The smallest absolute Gasteiger partial charge is 0.295 e. The van der Waals surface area contributed by atoms with E-state index < -0.39 is 17.7 Å². The first kappa shape index (κ1) is 20.7. The van der Waals surface area contributed by atoms with Gasteiger partial charge >= 0.3 is 0 Å². The molecule has 6 nitrogen and oxygen atoms in total. The van der Waals surface area contributed by atoms with E-state index in [0.717, 1.165) is 5.56 Å². The zero-order chi connectivity index (χ0) is 21.0. The fourth-order valence-electron chi connectivity index (χ4n) is 3.42. The van der Waals surface area contributed by atoms with Crippen LogP contribution in [0.3, 0.4) is 0 Å². The number of hydrogen-bond acceptors (Lipinski definition) is 5. The van der Waals surface area contributed by atoms with Crippen molar-refractivity contribution in [3.05, 3.63) is 71.1 Å². The van der Waals surface area contributed by atoms with E-state index >= 15 is 0 Å². The third-order valence-corrected chi connectivity index (χ3v) is 4.86. The molecule has 1 aromatic carbocycles. The molecule has 2 aromatic rings. The zero-order valence-electron chi connectivity index (χ0n) is 17.0. The highest BCUT2D eigenvalue weighted by Gasteiger charge is 2.45. The predicted octanol–water partition coefficient (Wildman–Crippen LogP) is 3.63. The number of aliphatic hydroxyl groups excluding tert-OH is 1. The fourth-order valence-corrected chi connectivity index (χ4v) is 3.42. The number of aliphatic hydroxyl groups is 1. The summed E-state index contributed by atoms with van der Waals surface area (Å²) in [5, 5.41) is 10.9. The molecule has 29 heavy (non-hydrogen) atoms. The fraction of sp³-hybridized carbons (Fsp3) is 0.348. The number of carbonyl (C=O) groups is 2. The Balaban J connectivity index is 1.99. The lowest BCUT2D eigenvalue weighted by Gasteiger charge is -2.25. The van der Waals surface area contributed by atoms with Crippen molar-refractivity contribution in [2.45, 2.75) is 39.3 Å². The Bertz CT molecular complexity index is 904. The number of rotatable bonds is 7. The molecule has 0 saturated carbocycles. The van der Waals surface area contributed by atoms with E-state index in [-0.39, 0.29) is 17.4 Å². The molecule has 3 rings (SSSR count). The molecule has 2 heterocycles. The van der Waals surface area contributed by atoms with Gasteiger partial charge in [0.15, 0.2) is 0 Å². The van der Waals surface area contributed by atoms with Gasteiger partial charge in [0.05, 0.1) is 17.7 Å². The van der Waals surface area contributed by atoms with Gasteiger partial charge < -0.3 is 14.7 Å². The lowest BCUT2D eigenvalue weighted by Crippen LogP contribution is -2.31. The molecule has 0 aliphatic carbocycles. The summed E-state index contributed by atoms with van der Waals surface area (Å²) in [7, 11) is 0. The van der Waals surface area contributed by atoms with E-state index in [4.69, 9.17) is 4.74 Å². The molecular weight excluding hydrogens is 368 g/mol. The van der Waals surface area contributed by atoms with Crippen LogP contribution in [0.5, 0.6) is 0 Å². The number of hydrogen-bond donors (Lipinski definition) is 1. The highest BCUT2D eigenvalue weighted by Crippen LogP contribution is 2.39. The summed E-state index contributed by atoms with van der Waals surface area (Å²) >= 11 is 0.